The first kappa shape index (κ1) is 18.3. The van der Waals surface area contributed by atoms with Crippen LogP contribution in [0, 0.1) is 12.7 Å². The number of fused-ring (bicyclic) bond motifs is 1. The number of hydrogen-bond donors (Lipinski definition) is 3. The highest BCUT2D eigenvalue weighted by Gasteiger charge is 2.21. The van der Waals surface area contributed by atoms with Gasteiger partial charge in [-0.25, -0.2) is 14.1 Å². The molecule has 0 spiro atoms. The van der Waals surface area contributed by atoms with Crippen LogP contribution in [0.4, 0.5) is 4.39 Å². The van der Waals surface area contributed by atoms with Crippen LogP contribution in [-0.2, 0) is 13.0 Å². The van der Waals surface area contributed by atoms with E-state index in [4.69, 9.17) is 0 Å². The first-order chi connectivity index (χ1) is 12.6. The van der Waals surface area contributed by atoms with Crippen LogP contribution >= 0.6 is 0 Å². The van der Waals surface area contributed by atoms with Crippen molar-refractivity contribution < 1.29 is 9.50 Å². The predicted molar refractivity (Wildman–Crippen MR) is 97.3 cm³/mol. The van der Waals surface area contributed by atoms with Gasteiger partial charge in [-0.15, -0.1) is 0 Å². The van der Waals surface area contributed by atoms with Crippen LogP contribution in [0.5, 0.6) is 0 Å². The Bertz CT molecular complexity index is 775. The summed E-state index contributed by atoms with van der Waals surface area (Å²) in [7, 11) is 0. The summed E-state index contributed by atoms with van der Waals surface area (Å²) in [6.45, 7) is 5.36. The zero-order chi connectivity index (χ0) is 18.5. The largest absolute Gasteiger partial charge is 0.386 e. The standard InChI is InChI=1S/C18H25FN6O/c1-3-20-18(21-10-16(26)14-6-4-5-7-15(14)19)23-13-8-9-17-22-12(2)24-25(17)11-13/h4-7,13,16,26H,3,8-11H2,1-2H3,(H2,20,21,23). The molecule has 8 heteroatoms. The van der Waals surface area contributed by atoms with E-state index >= 15 is 0 Å². The lowest BCUT2D eigenvalue weighted by Crippen LogP contribution is -2.47. The van der Waals surface area contributed by atoms with Crippen LogP contribution in [0.1, 0.15) is 36.7 Å². The average Bonchev–Trinajstić information content (AvgIpc) is 2.99. The molecule has 2 unspecified atom stereocenters. The fourth-order valence-corrected chi connectivity index (χ4v) is 3.09. The molecule has 140 valence electrons. The van der Waals surface area contributed by atoms with Gasteiger partial charge >= 0.3 is 0 Å². The number of hydrogen-bond acceptors (Lipinski definition) is 4. The first-order valence-electron chi connectivity index (χ1n) is 8.94. The smallest absolute Gasteiger partial charge is 0.191 e. The molecule has 1 aliphatic heterocycles. The molecule has 7 nitrogen and oxygen atoms in total. The van der Waals surface area contributed by atoms with Crippen molar-refractivity contribution in [2.75, 3.05) is 13.1 Å². The lowest BCUT2D eigenvalue weighted by atomic mass is 10.1. The topological polar surface area (TPSA) is 87.4 Å². The number of guanidine groups is 1. The Morgan fingerprint density at radius 1 is 1.46 bits per heavy atom. The quantitative estimate of drug-likeness (QED) is 0.553. The molecule has 1 aromatic heterocycles. The molecule has 0 fully saturated rings. The van der Waals surface area contributed by atoms with Gasteiger partial charge in [0, 0.05) is 24.6 Å². The zero-order valence-corrected chi connectivity index (χ0v) is 15.1. The lowest BCUT2D eigenvalue weighted by Gasteiger charge is -2.25. The van der Waals surface area contributed by atoms with Crippen LogP contribution in [0.3, 0.4) is 0 Å². The Morgan fingerprint density at radius 2 is 2.27 bits per heavy atom. The highest BCUT2D eigenvalue weighted by molar-refractivity contribution is 5.80. The van der Waals surface area contributed by atoms with Gasteiger partial charge in [-0.05, 0) is 26.3 Å². The molecule has 0 saturated carbocycles. The van der Waals surface area contributed by atoms with Gasteiger partial charge in [0.05, 0.1) is 13.1 Å². The summed E-state index contributed by atoms with van der Waals surface area (Å²) in [6, 6.07) is 6.39. The normalized spacial score (nSPS) is 18.3. The Balaban J connectivity index is 1.63. The maximum Gasteiger partial charge on any atom is 0.191 e. The monoisotopic (exact) mass is 360 g/mol. The van der Waals surface area contributed by atoms with Crippen molar-refractivity contribution in [3.8, 4) is 0 Å². The van der Waals surface area contributed by atoms with Gasteiger partial charge in [-0.1, -0.05) is 18.2 Å². The third kappa shape index (κ3) is 4.37. The highest BCUT2D eigenvalue weighted by atomic mass is 19.1. The SMILES string of the molecule is CCNC(=NCC(O)c1ccccc1F)NC1CCc2nc(C)nn2C1. The molecular weight excluding hydrogens is 335 g/mol. The molecule has 3 rings (SSSR count). The molecule has 0 radical (unpaired) electrons. The molecule has 0 saturated heterocycles. The van der Waals surface area contributed by atoms with Gasteiger partial charge in [0.25, 0.3) is 0 Å². The second-order valence-electron chi connectivity index (χ2n) is 6.39. The fourth-order valence-electron chi connectivity index (χ4n) is 3.09. The molecule has 0 aliphatic carbocycles. The van der Waals surface area contributed by atoms with Gasteiger partial charge in [-0.3, -0.25) is 4.99 Å². The van der Waals surface area contributed by atoms with E-state index < -0.39 is 11.9 Å². The number of rotatable bonds is 5. The lowest BCUT2D eigenvalue weighted by molar-refractivity contribution is 0.182. The second kappa shape index (κ2) is 8.27. The van der Waals surface area contributed by atoms with Crippen LogP contribution < -0.4 is 10.6 Å². The van der Waals surface area contributed by atoms with E-state index in [-0.39, 0.29) is 18.2 Å². The van der Waals surface area contributed by atoms with Gasteiger partial charge in [0.2, 0.25) is 0 Å². The summed E-state index contributed by atoms with van der Waals surface area (Å²) in [4.78, 5) is 8.83. The summed E-state index contributed by atoms with van der Waals surface area (Å²) in [5.74, 6) is 1.98. The average molecular weight is 360 g/mol. The van der Waals surface area contributed by atoms with E-state index in [0.717, 1.165) is 31.0 Å². The molecule has 0 bridgehead atoms. The molecule has 2 aromatic rings. The van der Waals surface area contributed by atoms with Gasteiger partial charge in [0.1, 0.15) is 23.6 Å². The van der Waals surface area contributed by atoms with Gasteiger partial charge in [0.15, 0.2) is 5.96 Å². The molecule has 2 heterocycles. The number of nitrogens with zero attached hydrogens (tertiary/aromatic N) is 4. The molecule has 1 aliphatic rings. The first-order valence-corrected chi connectivity index (χ1v) is 8.94. The Labute approximate surface area is 152 Å². The fraction of sp³-hybridized carbons (Fsp3) is 0.500. The van der Waals surface area contributed by atoms with E-state index in [9.17, 15) is 9.50 Å². The zero-order valence-electron chi connectivity index (χ0n) is 15.1. The summed E-state index contributed by atoms with van der Waals surface area (Å²) in [6.07, 6.45) is 0.802. The maximum atomic E-state index is 13.8. The van der Waals surface area contributed by atoms with Crippen LogP contribution in [0.2, 0.25) is 0 Å². The van der Waals surface area contributed by atoms with E-state index in [1.807, 2.05) is 18.5 Å². The van der Waals surface area contributed by atoms with Gasteiger partial charge in [-0.2, -0.15) is 5.10 Å². The summed E-state index contributed by atoms with van der Waals surface area (Å²) in [5.41, 5.74) is 0.257. The predicted octanol–water partition coefficient (Wildman–Crippen LogP) is 1.33. The Morgan fingerprint density at radius 3 is 3.04 bits per heavy atom. The molecule has 1 aromatic carbocycles. The van der Waals surface area contributed by atoms with Crippen LogP contribution in [0.15, 0.2) is 29.3 Å². The minimum atomic E-state index is -0.984. The summed E-state index contributed by atoms with van der Waals surface area (Å²) in [5, 5.41) is 21.2. The van der Waals surface area contributed by atoms with Crippen molar-refractivity contribution in [2.45, 2.75) is 45.4 Å². The van der Waals surface area contributed by atoms with Crippen molar-refractivity contribution in [3.63, 3.8) is 0 Å². The second-order valence-corrected chi connectivity index (χ2v) is 6.39. The number of aryl methyl sites for hydroxylation is 2. The minimum Gasteiger partial charge on any atom is -0.386 e. The molecule has 3 N–H and O–H groups in total. The van der Waals surface area contributed by atoms with E-state index in [0.29, 0.717) is 12.5 Å². The maximum absolute atomic E-state index is 13.8. The van der Waals surface area contributed by atoms with Crippen molar-refractivity contribution in [3.05, 3.63) is 47.3 Å². The minimum absolute atomic E-state index is 0.0800. The Kier molecular flexibility index (Phi) is 5.82. The number of halogens is 1. The van der Waals surface area contributed by atoms with Gasteiger partial charge < -0.3 is 15.7 Å². The third-order valence-corrected chi connectivity index (χ3v) is 4.34. The van der Waals surface area contributed by atoms with Crippen molar-refractivity contribution in [2.24, 2.45) is 4.99 Å². The molecule has 26 heavy (non-hydrogen) atoms. The number of aliphatic hydroxyl groups is 1. The summed E-state index contributed by atoms with van der Waals surface area (Å²) < 4.78 is 15.7. The van der Waals surface area contributed by atoms with Crippen LogP contribution in [0.25, 0.3) is 0 Å². The molecular formula is C18H25FN6O. The van der Waals surface area contributed by atoms with Crippen molar-refractivity contribution in [1.82, 2.24) is 25.4 Å². The van der Waals surface area contributed by atoms with E-state index in [1.165, 1.54) is 6.07 Å². The number of nitrogens with one attached hydrogen (secondary N) is 2. The summed E-state index contributed by atoms with van der Waals surface area (Å²) >= 11 is 0. The van der Waals surface area contributed by atoms with E-state index in [1.54, 1.807) is 18.2 Å². The van der Waals surface area contributed by atoms with Crippen molar-refractivity contribution in [1.29, 1.82) is 0 Å². The number of benzene rings is 1. The molecule has 0 amide bonds. The number of aliphatic hydroxyl groups excluding tert-OH is 1. The van der Waals surface area contributed by atoms with E-state index in [2.05, 4.69) is 25.7 Å². The van der Waals surface area contributed by atoms with Crippen LogP contribution in [-0.4, -0.2) is 45.0 Å². The highest BCUT2D eigenvalue weighted by Crippen LogP contribution is 2.17. The third-order valence-electron chi connectivity index (χ3n) is 4.34. The molecule has 2 atom stereocenters. The Hall–Kier alpha value is -2.48. The number of aromatic nitrogens is 3. The number of aliphatic imine (C=N–C) groups is 1. The van der Waals surface area contributed by atoms with Crippen molar-refractivity contribution >= 4 is 5.96 Å².